The maximum atomic E-state index is 10.6. The average molecular weight is 176 g/mol. The van der Waals surface area contributed by atoms with Crippen LogP contribution >= 0.6 is 0 Å². The van der Waals surface area contributed by atoms with Gasteiger partial charge in [0.05, 0.1) is 6.42 Å². The monoisotopic (exact) mass is 176 g/mol. The van der Waals surface area contributed by atoms with E-state index in [2.05, 4.69) is 0 Å². The number of carboxylic acid groups (broad SMARTS) is 1. The number of hydrogen-bond acceptors (Lipinski definition) is 4. The van der Waals surface area contributed by atoms with Crippen LogP contribution < -0.4 is 5.32 Å². The van der Waals surface area contributed by atoms with Gasteiger partial charge in [-0.25, -0.2) is 0 Å². The highest BCUT2D eigenvalue weighted by molar-refractivity contribution is 5.81. The molecule has 0 rings (SSSR count). The maximum absolute atomic E-state index is 10.6. The molecule has 0 spiro atoms. The Kier molecular flexibility index (Phi) is 4.35. The van der Waals surface area contributed by atoms with Crippen molar-refractivity contribution in [2.24, 2.45) is 0 Å². The summed E-state index contributed by atoms with van der Waals surface area (Å²) >= 11 is 0. The highest BCUT2D eigenvalue weighted by Crippen LogP contribution is 1.80. The fraction of sp³-hybridized carbons (Fsp3) is 0.600. The third-order valence-corrected chi connectivity index (χ3v) is 0.958. The van der Waals surface area contributed by atoms with Crippen LogP contribution in [0.3, 0.4) is 0 Å². The van der Waals surface area contributed by atoms with Crippen molar-refractivity contribution >= 4 is 11.9 Å². The molecule has 2 N–H and O–H groups in total. The largest absolute Gasteiger partial charge is 0.480 e. The van der Waals surface area contributed by atoms with Crippen molar-refractivity contribution in [2.45, 2.75) is 6.42 Å². The van der Waals surface area contributed by atoms with Crippen molar-refractivity contribution in [1.82, 2.24) is 5.32 Å². The summed E-state index contributed by atoms with van der Waals surface area (Å²) in [5.74, 6) is -1.81. The standard InChI is InChI=1S/C5H8N2O5/c8-4(1-2-7(11)12)6-3-5(9)10/h1-3H2,(H,6,8)(H,9,10). The summed E-state index contributed by atoms with van der Waals surface area (Å²) in [5, 5.41) is 19.8. The number of nitrogens with zero attached hydrogens (tertiary/aromatic N) is 1. The number of carbonyl (C=O) groups excluding carboxylic acids is 1. The van der Waals surface area contributed by atoms with E-state index in [0.29, 0.717) is 0 Å². The Hall–Kier alpha value is -1.66. The Morgan fingerprint density at radius 3 is 2.50 bits per heavy atom. The highest BCUT2D eigenvalue weighted by Gasteiger charge is 2.06. The molecule has 0 fully saturated rings. The van der Waals surface area contributed by atoms with Gasteiger partial charge in [0.2, 0.25) is 12.5 Å². The van der Waals surface area contributed by atoms with Gasteiger partial charge in [-0.2, -0.15) is 0 Å². The third kappa shape index (κ3) is 6.46. The molecule has 0 atom stereocenters. The number of hydrogen-bond donors (Lipinski definition) is 2. The van der Waals surface area contributed by atoms with Gasteiger partial charge in [0, 0.05) is 4.92 Å². The number of nitro groups is 1. The summed E-state index contributed by atoms with van der Waals surface area (Å²) in [7, 11) is 0. The lowest BCUT2D eigenvalue weighted by Gasteiger charge is -1.97. The molecule has 68 valence electrons. The Balaban J connectivity index is 3.47. The van der Waals surface area contributed by atoms with E-state index in [1.165, 1.54) is 0 Å². The Morgan fingerprint density at radius 1 is 1.50 bits per heavy atom. The molecular formula is C5H8N2O5. The van der Waals surface area contributed by atoms with Crippen molar-refractivity contribution in [2.75, 3.05) is 13.1 Å². The normalized spacial score (nSPS) is 9.00. The summed E-state index contributed by atoms with van der Waals surface area (Å²) in [6.45, 7) is -0.984. The van der Waals surface area contributed by atoms with Crippen LogP contribution in [0.2, 0.25) is 0 Å². The minimum absolute atomic E-state index is 0.291. The third-order valence-electron chi connectivity index (χ3n) is 0.958. The molecule has 0 aromatic heterocycles. The zero-order chi connectivity index (χ0) is 9.56. The predicted octanol–water partition coefficient (Wildman–Crippen LogP) is -1.15. The van der Waals surface area contributed by atoms with Crippen molar-refractivity contribution < 1.29 is 19.6 Å². The van der Waals surface area contributed by atoms with Crippen molar-refractivity contribution in [1.29, 1.82) is 0 Å². The minimum atomic E-state index is -1.18. The fourth-order valence-electron chi connectivity index (χ4n) is 0.455. The van der Waals surface area contributed by atoms with Gasteiger partial charge in [0.25, 0.3) is 0 Å². The van der Waals surface area contributed by atoms with Crippen LogP contribution in [-0.4, -0.2) is 35.0 Å². The van der Waals surface area contributed by atoms with Gasteiger partial charge in [-0.1, -0.05) is 0 Å². The van der Waals surface area contributed by atoms with E-state index in [1.807, 2.05) is 5.32 Å². The number of rotatable bonds is 5. The molecule has 0 aromatic carbocycles. The Morgan fingerprint density at radius 2 is 2.08 bits per heavy atom. The van der Waals surface area contributed by atoms with E-state index in [4.69, 9.17) is 5.11 Å². The zero-order valence-corrected chi connectivity index (χ0v) is 6.15. The molecule has 0 saturated carbocycles. The van der Waals surface area contributed by atoms with Crippen LogP contribution in [0.5, 0.6) is 0 Å². The molecule has 1 amide bonds. The topological polar surface area (TPSA) is 110 Å². The average Bonchev–Trinajstić information content (AvgIpc) is 1.96. The molecule has 0 aromatic rings. The van der Waals surface area contributed by atoms with Gasteiger partial charge in [-0.3, -0.25) is 19.7 Å². The van der Waals surface area contributed by atoms with Gasteiger partial charge in [-0.05, 0) is 0 Å². The molecule has 0 radical (unpaired) electrons. The molecule has 0 aliphatic heterocycles. The van der Waals surface area contributed by atoms with Crippen LogP contribution in [-0.2, 0) is 9.59 Å². The summed E-state index contributed by atoms with van der Waals surface area (Å²) in [6, 6.07) is 0. The van der Waals surface area contributed by atoms with Crippen LogP contribution in [0, 0.1) is 10.1 Å². The molecule has 0 bridgehead atoms. The van der Waals surface area contributed by atoms with E-state index in [1.54, 1.807) is 0 Å². The molecule has 0 saturated heterocycles. The van der Waals surface area contributed by atoms with Crippen LogP contribution in [0.25, 0.3) is 0 Å². The van der Waals surface area contributed by atoms with Crippen molar-refractivity contribution in [3.8, 4) is 0 Å². The molecule has 7 heteroatoms. The van der Waals surface area contributed by atoms with E-state index < -0.39 is 29.9 Å². The van der Waals surface area contributed by atoms with Crippen LogP contribution in [0.15, 0.2) is 0 Å². The first-order chi connectivity index (χ1) is 5.52. The van der Waals surface area contributed by atoms with Crippen molar-refractivity contribution in [3.05, 3.63) is 10.1 Å². The lowest BCUT2D eigenvalue weighted by atomic mass is 10.4. The second kappa shape index (κ2) is 5.05. The van der Waals surface area contributed by atoms with E-state index >= 15 is 0 Å². The predicted molar refractivity (Wildman–Crippen MR) is 37.1 cm³/mol. The number of carboxylic acids is 1. The highest BCUT2D eigenvalue weighted by atomic mass is 16.6. The second-order valence-electron chi connectivity index (χ2n) is 1.98. The first-order valence-electron chi connectivity index (χ1n) is 3.12. The van der Waals surface area contributed by atoms with Gasteiger partial charge < -0.3 is 10.4 Å². The molecule has 0 aliphatic rings. The maximum Gasteiger partial charge on any atom is 0.322 e. The number of nitrogens with one attached hydrogen (secondary N) is 1. The first-order valence-corrected chi connectivity index (χ1v) is 3.12. The first kappa shape index (κ1) is 10.3. The molecule has 12 heavy (non-hydrogen) atoms. The van der Waals surface area contributed by atoms with Gasteiger partial charge >= 0.3 is 5.97 Å². The summed E-state index contributed by atoms with van der Waals surface area (Å²) in [4.78, 5) is 29.6. The summed E-state index contributed by atoms with van der Waals surface area (Å²) in [5.41, 5.74) is 0. The summed E-state index contributed by atoms with van der Waals surface area (Å²) in [6.07, 6.45) is -0.291. The molecule has 0 aliphatic carbocycles. The molecule has 7 nitrogen and oxygen atoms in total. The lowest BCUT2D eigenvalue weighted by Crippen LogP contribution is -2.30. The number of amides is 1. The van der Waals surface area contributed by atoms with Gasteiger partial charge in [0.15, 0.2) is 0 Å². The summed E-state index contributed by atoms with van der Waals surface area (Å²) < 4.78 is 0. The van der Waals surface area contributed by atoms with Crippen LogP contribution in [0.1, 0.15) is 6.42 Å². The molecular weight excluding hydrogens is 168 g/mol. The van der Waals surface area contributed by atoms with Gasteiger partial charge in [-0.15, -0.1) is 0 Å². The van der Waals surface area contributed by atoms with Gasteiger partial charge in [0.1, 0.15) is 6.54 Å². The van der Waals surface area contributed by atoms with E-state index in [0.717, 1.165) is 0 Å². The number of aliphatic carboxylic acids is 1. The fourth-order valence-corrected chi connectivity index (χ4v) is 0.455. The zero-order valence-electron chi connectivity index (χ0n) is 6.15. The van der Waals surface area contributed by atoms with E-state index in [-0.39, 0.29) is 6.42 Å². The minimum Gasteiger partial charge on any atom is -0.480 e. The quantitative estimate of drug-likeness (QED) is 0.406. The lowest BCUT2D eigenvalue weighted by molar-refractivity contribution is -0.478. The SMILES string of the molecule is O=C(O)CNC(=O)CC[N+](=O)[O-]. The smallest absolute Gasteiger partial charge is 0.322 e. The van der Waals surface area contributed by atoms with Crippen molar-refractivity contribution in [3.63, 3.8) is 0 Å². The second-order valence-corrected chi connectivity index (χ2v) is 1.98. The Bertz CT molecular complexity index is 182. The Labute approximate surface area is 67.5 Å². The molecule has 0 unspecified atom stereocenters. The molecule has 0 heterocycles. The van der Waals surface area contributed by atoms with E-state index in [9.17, 15) is 19.7 Å². The number of carbonyl (C=O) groups is 2. The van der Waals surface area contributed by atoms with Crippen LogP contribution in [0.4, 0.5) is 0 Å².